The number of amides is 1. The minimum Gasteiger partial charge on any atom is -0.367 e. The maximum Gasteiger partial charge on any atom is 0.241 e. The van der Waals surface area contributed by atoms with Crippen LogP contribution < -0.4 is 10.2 Å². The van der Waals surface area contributed by atoms with Crippen molar-refractivity contribution >= 4 is 22.6 Å². The minimum atomic E-state index is -0.237. The second-order valence-electron chi connectivity index (χ2n) is 8.44. The number of pyridine rings is 3. The molecule has 0 spiro atoms. The number of hydrogen-bond donors (Lipinski definition) is 2. The molecule has 33 heavy (non-hydrogen) atoms. The molecule has 5 rings (SSSR count). The average molecular weight is 443 g/mol. The molecule has 1 saturated heterocycles. The van der Waals surface area contributed by atoms with Crippen LogP contribution in [0.2, 0.25) is 0 Å². The van der Waals surface area contributed by atoms with Crippen LogP contribution in [0, 0.1) is 6.92 Å². The Hall–Kier alpha value is -3.85. The molecule has 0 aliphatic carbocycles. The van der Waals surface area contributed by atoms with E-state index in [1.165, 1.54) is 0 Å². The van der Waals surface area contributed by atoms with Gasteiger partial charge in [0, 0.05) is 45.0 Å². The highest BCUT2D eigenvalue weighted by Gasteiger charge is 2.27. The van der Waals surface area contributed by atoms with Gasteiger partial charge in [0.15, 0.2) is 0 Å². The number of H-pyrrole nitrogens is 1. The highest BCUT2D eigenvalue weighted by atomic mass is 16.2. The van der Waals surface area contributed by atoms with Gasteiger partial charge in [-0.2, -0.15) is 5.10 Å². The highest BCUT2D eigenvalue weighted by Crippen LogP contribution is 2.30. The van der Waals surface area contributed by atoms with E-state index in [0.717, 1.165) is 58.1 Å². The summed E-state index contributed by atoms with van der Waals surface area (Å²) in [6.45, 7) is 4.09. The van der Waals surface area contributed by atoms with Crippen molar-refractivity contribution in [3.63, 3.8) is 0 Å². The summed E-state index contributed by atoms with van der Waals surface area (Å²) in [7, 11) is 3.56. The van der Waals surface area contributed by atoms with Crippen molar-refractivity contribution in [1.29, 1.82) is 0 Å². The molecule has 1 aliphatic rings. The molecule has 1 atom stereocenters. The normalized spacial score (nSPS) is 16.2. The van der Waals surface area contributed by atoms with Gasteiger partial charge in [-0.15, -0.1) is 0 Å². The van der Waals surface area contributed by atoms with E-state index in [0.29, 0.717) is 6.54 Å². The second kappa shape index (κ2) is 8.59. The SMILES string of the molecule is Cc1cccc(-c2[nH]ncc2-c2ccc3ncc(N4CCN[C@@H](C(=O)N(C)C)C4)cc3n2)n1. The molecule has 168 valence electrons. The first-order valence-corrected chi connectivity index (χ1v) is 10.9. The molecule has 9 nitrogen and oxygen atoms in total. The molecule has 0 unspecified atom stereocenters. The fourth-order valence-corrected chi connectivity index (χ4v) is 4.14. The number of aryl methyl sites for hydroxylation is 1. The first-order chi connectivity index (χ1) is 16.0. The maximum atomic E-state index is 12.4. The number of nitrogens with zero attached hydrogens (tertiary/aromatic N) is 6. The van der Waals surface area contributed by atoms with Gasteiger partial charge in [0.2, 0.25) is 5.91 Å². The van der Waals surface area contributed by atoms with Crippen LogP contribution in [0.5, 0.6) is 0 Å². The number of aromatic nitrogens is 5. The van der Waals surface area contributed by atoms with Gasteiger partial charge in [-0.05, 0) is 37.3 Å². The van der Waals surface area contributed by atoms with Gasteiger partial charge in [0.05, 0.1) is 46.2 Å². The van der Waals surface area contributed by atoms with Gasteiger partial charge in [-0.1, -0.05) is 6.07 Å². The third-order valence-corrected chi connectivity index (χ3v) is 5.86. The summed E-state index contributed by atoms with van der Waals surface area (Å²) in [5.74, 6) is 0.0751. The van der Waals surface area contributed by atoms with E-state index in [9.17, 15) is 4.79 Å². The molecule has 1 fully saturated rings. The Bertz CT molecular complexity index is 1310. The Labute approximate surface area is 191 Å². The standard InChI is InChI=1S/C24H26N8O/c1-15-5-4-6-20(28-15)23-17(13-27-30-23)18-7-8-19-21(29-18)11-16(12-26-19)32-10-9-25-22(14-32)24(33)31(2)3/h4-8,11-13,22,25H,9-10,14H2,1-3H3,(H,27,30)/t22-/m1/s1. The van der Waals surface area contributed by atoms with E-state index in [1.54, 1.807) is 25.2 Å². The molecule has 0 saturated carbocycles. The molecule has 1 amide bonds. The van der Waals surface area contributed by atoms with E-state index in [-0.39, 0.29) is 11.9 Å². The van der Waals surface area contributed by atoms with Crippen molar-refractivity contribution in [3.05, 3.63) is 54.5 Å². The van der Waals surface area contributed by atoms with E-state index in [2.05, 4.69) is 30.4 Å². The number of hydrogen-bond acceptors (Lipinski definition) is 7. The summed E-state index contributed by atoms with van der Waals surface area (Å²) >= 11 is 0. The van der Waals surface area contributed by atoms with E-state index in [4.69, 9.17) is 4.98 Å². The number of anilines is 1. The average Bonchev–Trinajstić information content (AvgIpc) is 3.33. The number of carbonyl (C=O) groups is 1. The maximum absolute atomic E-state index is 12.4. The van der Waals surface area contributed by atoms with Gasteiger partial charge >= 0.3 is 0 Å². The Balaban J connectivity index is 1.47. The van der Waals surface area contributed by atoms with Crippen LogP contribution >= 0.6 is 0 Å². The number of carbonyl (C=O) groups excluding carboxylic acids is 1. The number of aromatic amines is 1. The fraction of sp³-hybridized carbons (Fsp3) is 0.292. The summed E-state index contributed by atoms with van der Waals surface area (Å²) in [6.07, 6.45) is 3.63. The summed E-state index contributed by atoms with van der Waals surface area (Å²) in [4.78, 5) is 30.4. The van der Waals surface area contributed by atoms with Gasteiger partial charge in [0.1, 0.15) is 6.04 Å². The molecular formula is C24H26N8O. The fourth-order valence-electron chi connectivity index (χ4n) is 4.14. The first kappa shape index (κ1) is 21.0. The lowest BCUT2D eigenvalue weighted by atomic mass is 10.1. The minimum absolute atomic E-state index is 0.0751. The number of rotatable bonds is 4. The van der Waals surface area contributed by atoms with Crippen LogP contribution in [0.3, 0.4) is 0 Å². The second-order valence-corrected chi connectivity index (χ2v) is 8.44. The van der Waals surface area contributed by atoms with Crippen molar-refractivity contribution in [2.45, 2.75) is 13.0 Å². The third-order valence-electron chi connectivity index (χ3n) is 5.86. The molecule has 0 bridgehead atoms. The monoisotopic (exact) mass is 442 g/mol. The molecule has 2 N–H and O–H groups in total. The van der Waals surface area contributed by atoms with Gasteiger partial charge in [-0.25, -0.2) is 4.98 Å². The number of nitrogens with one attached hydrogen (secondary N) is 2. The molecule has 4 aromatic rings. The predicted octanol–water partition coefficient (Wildman–Crippen LogP) is 2.26. The Morgan fingerprint density at radius 1 is 1.09 bits per heavy atom. The molecule has 0 aromatic carbocycles. The zero-order valence-electron chi connectivity index (χ0n) is 18.9. The van der Waals surface area contributed by atoms with Crippen molar-refractivity contribution < 1.29 is 4.79 Å². The van der Waals surface area contributed by atoms with Crippen molar-refractivity contribution in [2.75, 3.05) is 38.6 Å². The van der Waals surface area contributed by atoms with Gasteiger partial charge < -0.3 is 15.1 Å². The molecular weight excluding hydrogens is 416 g/mol. The summed E-state index contributed by atoms with van der Waals surface area (Å²) in [6, 6.07) is 11.6. The zero-order chi connectivity index (χ0) is 22.9. The van der Waals surface area contributed by atoms with Crippen LogP contribution in [-0.4, -0.2) is 75.7 Å². The first-order valence-electron chi connectivity index (χ1n) is 10.9. The zero-order valence-corrected chi connectivity index (χ0v) is 18.9. The van der Waals surface area contributed by atoms with Crippen LogP contribution in [0.4, 0.5) is 5.69 Å². The molecule has 5 heterocycles. The Morgan fingerprint density at radius 3 is 2.79 bits per heavy atom. The highest BCUT2D eigenvalue weighted by molar-refractivity contribution is 5.85. The van der Waals surface area contributed by atoms with Crippen LogP contribution in [0.1, 0.15) is 5.69 Å². The topological polar surface area (TPSA) is 103 Å². The van der Waals surface area contributed by atoms with Gasteiger partial charge in [-0.3, -0.25) is 19.9 Å². The third kappa shape index (κ3) is 4.14. The molecule has 0 radical (unpaired) electrons. The molecule has 4 aromatic heterocycles. The molecule has 1 aliphatic heterocycles. The van der Waals surface area contributed by atoms with Crippen LogP contribution in [0.15, 0.2) is 48.8 Å². The molecule has 9 heteroatoms. The number of likely N-dealkylation sites (N-methyl/N-ethyl adjacent to an activating group) is 1. The van der Waals surface area contributed by atoms with E-state index < -0.39 is 0 Å². The van der Waals surface area contributed by atoms with Gasteiger partial charge in [0.25, 0.3) is 0 Å². The largest absolute Gasteiger partial charge is 0.367 e. The predicted molar refractivity (Wildman–Crippen MR) is 128 cm³/mol. The summed E-state index contributed by atoms with van der Waals surface area (Å²) < 4.78 is 0. The van der Waals surface area contributed by atoms with Crippen molar-refractivity contribution in [2.24, 2.45) is 0 Å². The van der Waals surface area contributed by atoms with E-state index >= 15 is 0 Å². The van der Waals surface area contributed by atoms with E-state index in [1.807, 2.05) is 49.5 Å². The van der Waals surface area contributed by atoms with Crippen molar-refractivity contribution in [1.82, 2.24) is 35.4 Å². The van der Waals surface area contributed by atoms with Crippen molar-refractivity contribution in [3.8, 4) is 22.6 Å². The number of fused-ring (bicyclic) bond motifs is 1. The number of piperazine rings is 1. The lowest BCUT2D eigenvalue weighted by molar-refractivity contribution is -0.130. The Kier molecular flexibility index (Phi) is 5.47. The smallest absolute Gasteiger partial charge is 0.241 e. The van der Waals surface area contributed by atoms with Crippen LogP contribution in [0.25, 0.3) is 33.7 Å². The summed E-state index contributed by atoms with van der Waals surface area (Å²) in [5, 5.41) is 10.6. The van der Waals surface area contributed by atoms with Crippen LogP contribution in [-0.2, 0) is 4.79 Å². The summed E-state index contributed by atoms with van der Waals surface area (Å²) in [5.41, 5.74) is 6.86. The quantitative estimate of drug-likeness (QED) is 0.500. The lowest BCUT2D eigenvalue weighted by Gasteiger charge is -2.35. The Morgan fingerprint density at radius 2 is 1.97 bits per heavy atom. The lowest BCUT2D eigenvalue weighted by Crippen LogP contribution is -2.57.